The quantitative estimate of drug-likeness (QED) is 0.457. The highest BCUT2D eigenvalue weighted by Gasteiger charge is 2.21. The van der Waals surface area contributed by atoms with Crippen molar-refractivity contribution >= 4 is 17.5 Å². The van der Waals surface area contributed by atoms with Gasteiger partial charge in [0, 0.05) is 30.1 Å². The molecule has 0 N–H and O–H groups in total. The molecule has 2 heterocycles. The lowest BCUT2D eigenvalue weighted by molar-refractivity contribution is 0.0994. The molecule has 3 aromatic rings. The molecule has 0 saturated carbocycles. The number of pyridine rings is 1. The van der Waals surface area contributed by atoms with Crippen LogP contribution in [0.2, 0.25) is 0 Å². The van der Waals surface area contributed by atoms with E-state index in [1.54, 1.807) is 12.4 Å². The van der Waals surface area contributed by atoms with Crippen LogP contribution < -0.4 is 0 Å². The van der Waals surface area contributed by atoms with Gasteiger partial charge in [0.25, 0.3) is 0 Å². The van der Waals surface area contributed by atoms with Crippen LogP contribution in [0.4, 0.5) is 0 Å². The van der Waals surface area contributed by atoms with Crippen molar-refractivity contribution in [2.75, 3.05) is 0 Å². The first-order valence-electron chi connectivity index (χ1n) is 8.71. The number of rotatable bonds is 7. The zero-order valence-electron chi connectivity index (χ0n) is 15.2. The average molecular weight is 366 g/mol. The van der Waals surface area contributed by atoms with Gasteiger partial charge in [-0.25, -0.2) is 0 Å². The molecular formula is C20H22N4OS. The molecule has 6 heteroatoms. The van der Waals surface area contributed by atoms with E-state index in [4.69, 9.17) is 0 Å². The van der Waals surface area contributed by atoms with Crippen LogP contribution in [0.1, 0.15) is 36.2 Å². The highest BCUT2D eigenvalue weighted by molar-refractivity contribution is 8.00. The number of aromatic nitrogens is 4. The number of hydrogen-bond donors (Lipinski definition) is 0. The van der Waals surface area contributed by atoms with Gasteiger partial charge in [0.15, 0.2) is 16.8 Å². The minimum absolute atomic E-state index is 0.103. The zero-order valence-corrected chi connectivity index (χ0v) is 16.0. The van der Waals surface area contributed by atoms with Gasteiger partial charge in [-0.1, -0.05) is 48.5 Å². The minimum Gasteiger partial charge on any atom is -0.302 e. The molecule has 0 aliphatic carbocycles. The molecule has 0 aliphatic rings. The van der Waals surface area contributed by atoms with E-state index >= 15 is 0 Å². The highest BCUT2D eigenvalue weighted by atomic mass is 32.2. The van der Waals surface area contributed by atoms with Crippen molar-refractivity contribution in [3.8, 4) is 11.4 Å². The number of ketones is 1. The van der Waals surface area contributed by atoms with Crippen LogP contribution in [0.15, 0.2) is 53.9 Å². The Morgan fingerprint density at radius 3 is 2.46 bits per heavy atom. The van der Waals surface area contributed by atoms with Crippen molar-refractivity contribution in [1.29, 1.82) is 0 Å². The summed E-state index contributed by atoms with van der Waals surface area (Å²) in [6.45, 7) is 6.86. The van der Waals surface area contributed by atoms with Gasteiger partial charge in [-0.15, -0.1) is 10.2 Å². The Balaban J connectivity index is 1.84. The summed E-state index contributed by atoms with van der Waals surface area (Å²) in [6, 6.07) is 11.5. The summed E-state index contributed by atoms with van der Waals surface area (Å²) in [5.41, 5.74) is 2.85. The molecule has 0 spiro atoms. The highest BCUT2D eigenvalue weighted by Crippen LogP contribution is 2.28. The van der Waals surface area contributed by atoms with Crippen molar-refractivity contribution in [2.45, 2.75) is 44.1 Å². The molecule has 5 nitrogen and oxygen atoms in total. The number of nitrogens with zero attached hydrogens (tertiary/aromatic N) is 4. The van der Waals surface area contributed by atoms with Gasteiger partial charge >= 0.3 is 0 Å². The maximum Gasteiger partial charge on any atom is 0.192 e. The summed E-state index contributed by atoms with van der Waals surface area (Å²) in [5, 5.41) is 9.24. The number of carbonyl (C=O) groups excluding carboxylic acids is 1. The van der Waals surface area contributed by atoms with Gasteiger partial charge in [-0.2, -0.15) is 0 Å². The molecular weight excluding hydrogens is 344 g/mol. The van der Waals surface area contributed by atoms with Crippen LogP contribution in [0, 0.1) is 6.92 Å². The van der Waals surface area contributed by atoms with Gasteiger partial charge in [-0.3, -0.25) is 9.78 Å². The minimum atomic E-state index is -0.234. The molecule has 26 heavy (non-hydrogen) atoms. The SMILES string of the molecule is CCCn1c(SC(C)C(=O)c2ccc(C)cc2)nnc1-c1ccncc1. The monoisotopic (exact) mass is 366 g/mol. The van der Waals surface area contributed by atoms with E-state index in [9.17, 15) is 4.79 Å². The van der Waals surface area contributed by atoms with Crippen molar-refractivity contribution in [1.82, 2.24) is 19.7 Å². The van der Waals surface area contributed by atoms with Crippen molar-refractivity contribution in [3.63, 3.8) is 0 Å². The number of carbonyl (C=O) groups is 1. The maximum atomic E-state index is 12.7. The molecule has 0 saturated heterocycles. The van der Waals surface area contributed by atoms with Gasteiger partial charge in [-0.05, 0) is 32.4 Å². The third kappa shape index (κ3) is 4.02. The molecule has 0 bridgehead atoms. The van der Waals surface area contributed by atoms with E-state index in [0.717, 1.165) is 40.6 Å². The number of aryl methyl sites for hydroxylation is 1. The summed E-state index contributed by atoms with van der Waals surface area (Å²) in [6.07, 6.45) is 4.46. The second-order valence-electron chi connectivity index (χ2n) is 6.18. The molecule has 134 valence electrons. The normalized spacial score (nSPS) is 12.1. The number of thioether (sulfide) groups is 1. The van der Waals surface area contributed by atoms with Gasteiger partial charge < -0.3 is 4.57 Å². The lowest BCUT2D eigenvalue weighted by Crippen LogP contribution is -2.15. The topological polar surface area (TPSA) is 60.7 Å². The largest absolute Gasteiger partial charge is 0.302 e. The third-order valence-corrected chi connectivity index (χ3v) is 5.17. The molecule has 1 unspecified atom stereocenters. The molecule has 0 aliphatic heterocycles. The van der Waals surface area contributed by atoms with Crippen LogP contribution in [-0.4, -0.2) is 30.8 Å². The summed E-state index contributed by atoms with van der Waals surface area (Å²) < 4.78 is 2.08. The lowest BCUT2D eigenvalue weighted by atomic mass is 10.1. The predicted octanol–water partition coefficient (Wildman–Crippen LogP) is 4.42. The fraction of sp³-hybridized carbons (Fsp3) is 0.300. The Morgan fingerprint density at radius 1 is 1.12 bits per heavy atom. The van der Waals surface area contributed by atoms with E-state index in [-0.39, 0.29) is 11.0 Å². The van der Waals surface area contributed by atoms with E-state index in [1.165, 1.54) is 11.8 Å². The van der Waals surface area contributed by atoms with Crippen molar-refractivity contribution in [2.24, 2.45) is 0 Å². The predicted molar refractivity (Wildman–Crippen MR) is 104 cm³/mol. The Labute approximate surface area is 157 Å². The lowest BCUT2D eigenvalue weighted by Gasteiger charge is -2.12. The Kier molecular flexibility index (Phi) is 5.83. The fourth-order valence-electron chi connectivity index (χ4n) is 2.68. The van der Waals surface area contributed by atoms with Gasteiger partial charge in [0.05, 0.1) is 5.25 Å². The first kappa shape index (κ1) is 18.3. The van der Waals surface area contributed by atoms with Crippen LogP contribution in [0.3, 0.4) is 0 Å². The first-order chi connectivity index (χ1) is 12.6. The summed E-state index contributed by atoms with van der Waals surface area (Å²) in [5.74, 6) is 0.915. The standard InChI is InChI=1S/C20H22N4OS/c1-4-13-24-19(17-9-11-21-12-10-17)22-23-20(24)26-15(3)18(25)16-7-5-14(2)6-8-16/h5-12,15H,4,13H2,1-3H3. The van der Waals surface area contributed by atoms with E-state index in [1.807, 2.05) is 50.2 Å². The molecule has 2 aromatic heterocycles. The molecule has 3 rings (SSSR count). The second kappa shape index (κ2) is 8.27. The Hall–Kier alpha value is -2.47. The van der Waals surface area contributed by atoms with E-state index < -0.39 is 0 Å². The smallest absolute Gasteiger partial charge is 0.192 e. The average Bonchev–Trinajstić information content (AvgIpc) is 3.05. The number of hydrogen-bond acceptors (Lipinski definition) is 5. The van der Waals surface area contributed by atoms with Gasteiger partial charge in [0.1, 0.15) is 0 Å². The molecule has 1 aromatic carbocycles. The van der Waals surface area contributed by atoms with Crippen molar-refractivity contribution < 1.29 is 4.79 Å². The van der Waals surface area contributed by atoms with Crippen LogP contribution >= 0.6 is 11.8 Å². The number of benzene rings is 1. The second-order valence-corrected chi connectivity index (χ2v) is 7.49. The first-order valence-corrected chi connectivity index (χ1v) is 9.59. The summed E-state index contributed by atoms with van der Waals surface area (Å²) >= 11 is 1.46. The molecule has 1 atom stereocenters. The molecule has 0 amide bonds. The maximum absolute atomic E-state index is 12.7. The van der Waals surface area contributed by atoms with Gasteiger partial charge in [0.2, 0.25) is 0 Å². The van der Waals surface area contributed by atoms with Crippen molar-refractivity contribution in [3.05, 3.63) is 59.9 Å². The summed E-state index contributed by atoms with van der Waals surface area (Å²) in [4.78, 5) is 16.8. The van der Waals surface area contributed by atoms with E-state index in [2.05, 4.69) is 26.7 Å². The zero-order chi connectivity index (χ0) is 18.5. The number of Topliss-reactive ketones (excluding diaryl/α,β-unsaturated/α-hetero) is 1. The Morgan fingerprint density at radius 2 is 1.81 bits per heavy atom. The Bertz CT molecular complexity index is 875. The molecule has 0 radical (unpaired) electrons. The fourth-order valence-corrected chi connectivity index (χ4v) is 3.63. The molecule has 0 fully saturated rings. The van der Waals surface area contributed by atoms with Crippen LogP contribution in [0.25, 0.3) is 11.4 Å². The third-order valence-electron chi connectivity index (χ3n) is 4.09. The van der Waals surface area contributed by atoms with Crippen LogP contribution in [-0.2, 0) is 6.54 Å². The van der Waals surface area contributed by atoms with Crippen LogP contribution in [0.5, 0.6) is 0 Å². The summed E-state index contributed by atoms with van der Waals surface area (Å²) in [7, 11) is 0. The van der Waals surface area contributed by atoms with E-state index in [0.29, 0.717) is 0 Å².